The van der Waals surface area contributed by atoms with Gasteiger partial charge in [0.05, 0.1) is 16.2 Å². The van der Waals surface area contributed by atoms with Gasteiger partial charge in [-0.3, -0.25) is 4.98 Å². The summed E-state index contributed by atoms with van der Waals surface area (Å²) >= 11 is 6.46. The van der Waals surface area contributed by atoms with Crippen molar-refractivity contribution < 1.29 is 8.78 Å². The lowest BCUT2D eigenvalue weighted by Crippen LogP contribution is -2.25. The van der Waals surface area contributed by atoms with Crippen LogP contribution in [-0.4, -0.2) is 11.5 Å². The van der Waals surface area contributed by atoms with Crippen LogP contribution in [0.1, 0.15) is 24.2 Å². The molecule has 2 nitrogen and oxygen atoms in total. The molecule has 0 spiro atoms. The minimum absolute atomic E-state index is 0.0411. The second-order valence-corrected chi connectivity index (χ2v) is 5.83. The summed E-state index contributed by atoms with van der Waals surface area (Å²) in [5.74, 6) is -1.22. The van der Waals surface area contributed by atoms with E-state index in [4.69, 9.17) is 0 Å². The van der Waals surface area contributed by atoms with E-state index in [0.29, 0.717) is 16.7 Å². The SMILES string of the molecule is CCNC(c1ncccc1Br)c1c(F)ccc(Br)c1F. The topological polar surface area (TPSA) is 24.9 Å². The van der Waals surface area contributed by atoms with Crippen molar-refractivity contribution in [3.63, 3.8) is 0 Å². The smallest absolute Gasteiger partial charge is 0.145 e. The van der Waals surface area contributed by atoms with E-state index in [0.717, 1.165) is 0 Å². The predicted octanol–water partition coefficient (Wildman–Crippen LogP) is 4.58. The highest BCUT2D eigenvalue weighted by atomic mass is 79.9. The highest BCUT2D eigenvalue weighted by molar-refractivity contribution is 9.10. The number of nitrogens with zero attached hydrogens (tertiary/aromatic N) is 1. The Bertz CT molecular complexity index is 620. The number of hydrogen-bond donors (Lipinski definition) is 1. The molecule has 1 aromatic heterocycles. The monoisotopic (exact) mass is 404 g/mol. The van der Waals surface area contributed by atoms with Crippen molar-refractivity contribution in [2.45, 2.75) is 13.0 Å². The van der Waals surface area contributed by atoms with Crippen molar-refractivity contribution in [3.05, 3.63) is 62.3 Å². The molecule has 0 aliphatic heterocycles. The van der Waals surface area contributed by atoms with Crippen LogP contribution in [0.25, 0.3) is 0 Å². The molecule has 20 heavy (non-hydrogen) atoms. The van der Waals surface area contributed by atoms with E-state index in [1.54, 1.807) is 18.3 Å². The molecule has 0 amide bonds. The number of hydrogen-bond acceptors (Lipinski definition) is 2. The average Bonchev–Trinajstić information content (AvgIpc) is 2.43. The Morgan fingerprint density at radius 1 is 1.20 bits per heavy atom. The zero-order chi connectivity index (χ0) is 14.7. The number of rotatable bonds is 4. The number of aromatic nitrogens is 1. The second kappa shape index (κ2) is 6.74. The normalized spacial score (nSPS) is 12.4. The summed E-state index contributed by atoms with van der Waals surface area (Å²) in [6, 6.07) is 5.48. The third kappa shape index (κ3) is 3.07. The van der Waals surface area contributed by atoms with Gasteiger partial charge in [0.1, 0.15) is 11.6 Å². The Kier molecular flexibility index (Phi) is 5.23. The van der Waals surface area contributed by atoms with Crippen LogP contribution < -0.4 is 5.32 Å². The molecule has 1 N–H and O–H groups in total. The summed E-state index contributed by atoms with van der Waals surface area (Å²) in [7, 11) is 0. The molecule has 0 radical (unpaired) electrons. The van der Waals surface area contributed by atoms with Crippen molar-refractivity contribution in [1.82, 2.24) is 10.3 Å². The molecule has 1 aromatic carbocycles. The zero-order valence-corrected chi connectivity index (χ0v) is 13.8. The summed E-state index contributed by atoms with van der Waals surface area (Å²) in [6.07, 6.45) is 1.60. The Labute approximate surface area is 132 Å². The third-order valence-electron chi connectivity index (χ3n) is 2.84. The van der Waals surface area contributed by atoms with Crippen molar-refractivity contribution >= 4 is 31.9 Å². The predicted molar refractivity (Wildman–Crippen MR) is 81.5 cm³/mol. The van der Waals surface area contributed by atoms with Crippen LogP contribution in [-0.2, 0) is 0 Å². The molecule has 0 fully saturated rings. The average molecular weight is 406 g/mol. The van der Waals surface area contributed by atoms with Crippen LogP contribution in [0.15, 0.2) is 39.4 Å². The summed E-state index contributed by atoms with van der Waals surface area (Å²) < 4.78 is 29.3. The standard InChI is InChI=1S/C14H12Br2F2N2/c1-2-19-14(13-9(16)4-3-7-20-13)11-10(17)6-5-8(15)12(11)18/h3-7,14,19H,2H2,1H3. The van der Waals surface area contributed by atoms with Gasteiger partial charge in [-0.15, -0.1) is 0 Å². The van der Waals surface area contributed by atoms with Gasteiger partial charge >= 0.3 is 0 Å². The van der Waals surface area contributed by atoms with E-state index in [1.807, 2.05) is 6.92 Å². The Balaban J connectivity index is 2.61. The van der Waals surface area contributed by atoms with E-state index >= 15 is 0 Å². The molecule has 1 unspecified atom stereocenters. The first kappa shape index (κ1) is 15.5. The Morgan fingerprint density at radius 3 is 2.60 bits per heavy atom. The maximum absolute atomic E-state index is 14.3. The molecule has 2 aromatic rings. The van der Waals surface area contributed by atoms with Gasteiger partial charge in [-0.2, -0.15) is 0 Å². The van der Waals surface area contributed by atoms with Gasteiger partial charge in [0.2, 0.25) is 0 Å². The molecule has 0 bridgehead atoms. The van der Waals surface area contributed by atoms with Crippen molar-refractivity contribution in [2.24, 2.45) is 0 Å². The molecular formula is C14H12Br2F2N2. The first-order valence-electron chi connectivity index (χ1n) is 6.03. The summed E-state index contributed by atoms with van der Waals surface area (Å²) in [5, 5.41) is 3.07. The Hall–Kier alpha value is -0.850. The van der Waals surface area contributed by atoms with Crippen LogP contribution in [0.5, 0.6) is 0 Å². The largest absolute Gasteiger partial charge is 0.305 e. The fourth-order valence-corrected chi connectivity index (χ4v) is 2.79. The van der Waals surface area contributed by atoms with Crippen LogP contribution in [0, 0.1) is 11.6 Å². The molecule has 0 aliphatic carbocycles. The van der Waals surface area contributed by atoms with Crippen molar-refractivity contribution in [3.8, 4) is 0 Å². The molecule has 6 heteroatoms. The first-order chi connectivity index (χ1) is 9.56. The van der Waals surface area contributed by atoms with Crippen molar-refractivity contribution in [1.29, 1.82) is 0 Å². The molecule has 0 saturated carbocycles. The number of nitrogens with one attached hydrogen (secondary N) is 1. The molecule has 0 saturated heterocycles. The maximum Gasteiger partial charge on any atom is 0.145 e. The van der Waals surface area contributed by atoms with E-state index in [9.17, 15) is 8.78 Å². The van der Waals surface area contributed by atoms with Gasteiger partial charge in [-0.05, 0) is 62.7 Å². The molecule has 1 atom stereocenters. The van der Waals surface area contributed by atoms with E-state index < -0.39 is 17.7 Å². The van der Waals surface area contributed by atoms with Gasteiger partial charge in [0.15, 0.2) is 0 Å². The lowest BCUT2D eigenvalue weighted by atomic mass is 10.0. The number of pyridine rings is 1. The van der Waals surface area contributed by atoms with Gasteiger partial charge in [-0.1, -0.05) is 6.92 Å². The molecule has 0 aliphatic rings. The lowest BCUT2D eigenvalue weighted by molar-refractivity contribution is 0.501. The lowest BCUT2D eigenvalue weighted by Gasteiger charge is -2.20. The molecule has 106 valence electrons. The third-order valence-corrected chi connectivity index (χ3v) is 4.12. The summed E-state index contributed by atoms with van der Waals surface area (Å²) in [5.41, 5.74) is 0.505. The minimum Gasteiger partial charge on any atom is -0.305 e. The fourth-order valence-electron chi connectivity index (χ4n) is 1.96. The van der Waals surface area contributed by atoms with Crippen LogP contribution in [0.4, 0.5) is 8.78 Å². The molecule has 1 heterocycles. The molecule has 2 rings (SSSR count). The van der Waals surface area contributed by atoms with Crippen LogP contribution >= 0.6 is 31.9 Å². The Morgan fingerprint density at radius 2 is 1.95 bits per heavy atom. The zero-order valence-electron chi connectivity index (χ0n) is 10.6. The summed E-state index contributed by atoms with van der Waals surface area (Å²) in [4.78, 5) is 4.23. The quantitative estimate of drug-likeness (QED) is 0.753. The van der Waals surface area contributed by atoms with Crippen LogP contribution in [0.2, 0.25) is 0 Å². The maximum atomic E-state index is 14.3. The second-order valence-electron chi connectivity index (χ2n) is 4.12. The van der Waals surface area contributed by atoms with Crippen LogP contribution in [0.3, 0.4) is 0 Å². The number of halogens is 4. The highest BCUT2D eigenvalue weighted by Crippen LogP contribution is 2.32. The summed E-state index contributed by atoms with van der Waals surface area (Å²) in [6.45, 7) is 2.43. The van der Waals surface area contributed by atoms with Crippen molar-refractivity contribution in [2.75, 3.05) is 6.54 Å². The molecular weight excluding hydrogens is 394 g/mol. The first-order valence-corrected chi connectivity index (χ1v) is 7.62. The van der Waals surface area contributed by atoms with Gasteiger partial charge < -0.3 is 5.32 Å². The fraction of sp³-hybridized carbons (Fsp3) is 0.214. The highest BCUT2D eigenvalue weighted by Gasteiger charge is 2.25. The van der Waals surface area contributed by atoms with E-state index in [1.165, 1.54) is 12.1 Å². The van der Waals surface area contributed by atoms with E-state index in [-0.39, 0.29) is 10.0 Å². The van der Waals surface area contributed by atoms with E-state index in [2.05, 4.69) is 42.2 Å². The minimum atomic E-state index is -0.659. The number of benzene rings is 1. The van der Waals surface area contributed by atoms with Gasteiger partial charge in [0, 0.05) is 16.2 Å². The van der Waals surface area contributed by atoms with Gasteiger partial charge in [0.25, 0.3) is 0 Å². The van der Waals surface area contributed by atoms with Gasteiger partial charge in [-0.25, -0.2) is 8.78 Å².